The smallest absolute Gasteiger partial charge is 0.303 e. The number of carbonyl (C=O) groups excluding carboxylic acids is 1. The van der Waals surface area contributed by atoms with Crippen LogP contribution in [0.5, 0.6) is 0 Å². The van der Waals surface area contributed by atoms with E-state index in [1.165, 1.54) is 11.1 Å². The zero-order valence-electron chi connectivity index (χ0n) is 11.1. The fraction of sp³-hybridized carbons (Fsp3) is 0.467. The zero-order chi connectivity index (χ0) is 13.8. The number of nitrogens with one attached hydrogen (secondary N) is 1. The van der Waals surface area contributed by atoms with Gasteiger partial charge in [-0.1, -0.05) is 12.1 Å². The lowest BCUT2D eigenvalue weighted by atomic mass is 9.97. The Bertz CT molecular complexity index is 496. The highest BCUT2D eigenvalue weighted by atomic mass is 16.4. The molecule has 2 rings (SSSR count). The number of likely N-dealkylation sites (N-methyl/N-ethyl adjacent to an activating group) is 1. The first kappa shape index (κ1) is 13.7. The van der Waals surface area contributed by atoms with Gasteiger partial charge in [0.05, 0.1) is 6.04 Å². The highest BCUT2D eigenvalue weighted by Gasteiger charge is 2.21. The molecule has 0 saturated carbocycles. The van der Waals surface area contributed by atoms with Crippen molar-refractivity contribution >= 4 is 11.8 Å². The molecule has 2 N–H and O–H groups in total. The fourth-order valence-corrected chi connectivity index (χ4v) is 2.60. The Morgan fingerprint density at radius 1 is 1.32 bits per heavy atom. The third-order valence-electron chi connectivity index (χ3n) is 3.69. The average Bonchev–Trinajstić information content (AvgIpc) is 2.85. The summed E-state index contributed by atoms with van der Waals surface area (Å²) in [5, 5.41) is 11.6. The molecule has 1 unspecified atom stereocenters. The number of carboxylic acid groups (broad SMARTS) is 1. The molecule has 0 bridgehead atoms. The van der Waals surface area contributed by atoms with E-state index in [4.69, 9.17) is 5.11 Å². The number of aliphatic carboxylic acids is 1. The number of carboxylic acids is 1. The van der Waals surface area contributed by atoms with Crippen LogP contribution in [0.15, 0.2) is 18.2 Å². The molecule has 0 spiro atoms. The number of hydrogen-bond donors (Lipinski definition) is 2. The Morgan fingerprint density at radius 3 is 2.74 bits per heavy atom. The summed E-state index contributed by atoms with van der Waals surface area (Å²) in [5.74, 6) is -0.888. The van der Waals surface area contributed by atoms with Crippen LogP contribution in [0.4, 0.5) is 0 Å². The lowest BCUT2D eigenvalue weighted by Gasteiger charge is -2.14. The van der Waals surface area contributed by atoms with Crippen LogP contribution in [0.25, 0.3) is 0 Å². The molecule has 0 aromatic heterocycles. The summed E-state index contributed by atoms with van der Waals surface area (Å²) in [4.78, 5) is 22.9. The molecule has 1 aliphatic carbocycles. The lowest BCUT2D eigenvalue weighted by Crippen LogP contribution is -2.34. The van der Waals surface area contributed by atoms with Gasteiger partial charge in [-0.3, -0.25) is 9.59 Å². The van der Waals surface area contributed by atoms with Gasteiger partial charge in [0.2, 0.25) is 0 Å². The van der Waals surface area contributed by atoms with E-state index in [-0.39, 0.29) is 12.2 Å². The number of hydrogen-bond acceptors (Lipinski definition) is 3. The number of benzene rings is 1. The van der Waals surface area contributed by atoms with Gasteiger partial charge < -0.3 is 10.4 Å². The molecule has 1 atom stereocenters. The van der Waals surface area contributed by atoms with Crippen molar-refractivity contribution in [2.45, 2.75) is 38.1 Å². The van der Waals surface area contributed by atoms with Gasteiger partial charge in [-0.25, -0.2) is 0 Å². The second-order valence-electron chi connectivity index (χ2n) is 4.97. The molecule has 1 aliphatic rings. The third-order valence-corrected chi connectivity index (χ3v) is 3.69. The summed E-state index contributed by atoms with van der Waals surface area (Å²) in [6, 6.07) is 5.43. The van der Waals surface area contributed by atoms with Gasteiger partial charge in [0.25, 0.3) is 0 Å². The van der Waals surface area contributed by atoms with Gasteiger partial charge in [-0.05, 0) is 49.9 Å². The van der Waals surface area contributed by atoms with Gasteiger partial charge in [-0.15, -0.1) is 0 Å². The van der Waals surface area contributed by atoms with Gasteiger partial charge in [0.1, 0.15) is 0 Å². The molecule has 19 heavy (non-hydrogen) atoms. The predicted molar refractivity (Wildman–Crippen MR) is 72.5 cm³/mol. The van der Waals surface area contributed by atoms with Crippen LogP contribution < -0.4 is 5.32 Å². The first-order chi connectivity index (χ1) is 9.11. The number of fused-ring (bicyclic) bond motifs is 1. The SMILES string of the molecule is CNC(CCC(=O)O)C(=O)c1ccc2c(c1)CCC2. The third kappa shape index (κ3) is 3.20. The molecule has 4 nitrogen and oxygen atoms in total. The largest absolute Gasteiger partial charge is 0.481 e. The van der Waals surface area contributed by atoms with Crippen LogP contribution in [-0.2, 0) is 17.6 Å². The summed E-state index contributed by atoms with van der Waals surface area (Å²) in [6.45, 7) is 0. The highest BCUT2D eigenvalue weighted by Crippen LogP contribution is 2.23. The normalized spacial score (nSPS) is 15.0. The van der Waals surface area contributed by atoms with Crippen LogP contribution in [0.1, 0.15) is 40.7 Å². The quantitative estimate of drug-likeness (QED) is 0.766. The molecule has 0 radical (unpaired) electrons. The van der Waals surface area contributed by atoms with E-state index in [1.807, 2.05) is 18.2 Å². The standard InChI is InChI=1S/C15H19NO3/c1-16-13(7-8-14(17)18)15(19)12-6-5-10-3-2-4-11(10)9-12/h5-6,9,13,16H,2-4,7-8H2,1H3,(H,17,18). The molecule has 1 aromatic rings. The van der Waals surface area contributed by atoms with Crippen molar-refractivity contribution < 1.29 is 14.7 Å². The molecule has 4 heteroatoms. The second-order valence-corrected chi connectivity index (χ2v) is 4.97. The first-order valence-electron chi connectivity index (χ1n) is 6.67. The topological polar surface area (TPSA) is 66.4 Å². The molecular formula is C15H19NO3. The van der Waals surface area contributed by atoms with Crippen molar-refractivity contribution in [3.8, 4) is 0 Å². The van der Waals surface area contributed by atoms with Crippen LogP contribution in [0.2, 0.25) is 0 Å². The maximum absolute atomic E-state index is 12.3. The summed E-state index contributed by atoms with van der Waals surface area (Å²) in [5.41, 5.74) is 3.28. The van der Waals surface area contributed by atoms with E-state index in [9.17, 15) is 9.59 Å². The van der Waals surface area contributed by atoms with Crippen LogP contribution in [-0.4, -0.2) is 29.9 Å². The Hall–Kier alpha value is -1.68. The molecule has 0 amide bonds. The second kappa shape index (κ2) is 5.97. The van der Waals surface area contributed by atoms with E-state index >= 15 is 0 Å². The Balaban J connectivity index is 2.11. The zero-order valence-corrected chi connectivity index (χ0v) is 11.1. The van der Waals surface area contributed by atoms with E-state index < -0.39 is 12.0 Å². The maximum Gasteiger partial charge on any atom is 0.303 e. The fourth-order valence-electron chi connectivity index (χ4n) is 2.60. The predicted octanol–water partition coefficient (Wildman–Crippen LogP) is 1.81. The van der Waals surface area contributed by atoms with Crippen molar-refractivity contribution in [1.29, 1.82) is 0 Å². The number of carbonyl (C=O) groups is 2. The Labute approximate surface area is 112 Å². The van der Waals surface area contributed by atoms with Gasteiger partial charge in [-0.2, -0.15) is 0 Å². The van der Waals surface area contributed by atoms with E-state index in [2.05, 4.69) is 5.32 Å². The first-order valence-corrected chi connectivity index (χ1v) is 6.67. The van der Waals surface area contributed by atoms with Crippen molar-refractivity contribution in [2.75, 3.05) is 7.05 Å². The van der Waals surface area contributed by atoms with Crippen molar-refractivity contribution in [3.63, 3.8) is 0 Å². The van der Waals surface area contributed by atoms with Crippen molar-refractivity contribution in [1.82, 2.24) is 5.32 Å². The number of rotatable bonds is 6. The van der Waals surface area contributed by atoms with Gasteiger partial charge in [0.15, 0.2) is 5.78 Å². The Kier molecular flexibility index (Phi) is 4.32. The number of ketones is 1. The Morgan fingerprint density at radius 2 is 2.05 bits per heavy atom. The molecule has 0 heterocycles. The maximum atomic E-state index is 12.3. The molecule has 102 valence electrons. The molecule has 0 saturated heterocycles. The van der Waals surface area contributed by atoms with Crippen molar-refractivity contribution in [2.24, 2.45) is 0 Å². The minimum atomic E-state index is -0.873. The van der Waals surface area contributed by atoms with Gasteiger partial charge >= 0.3 is 5.97 Å². The lowest BCUT2D eigenvalue weighted by molar-refractivity contribution is -0.137. The summed E-state index contributed by atoms with van der Waals surface area (Å²) >= 11 is 0. The molecule has 1 aromatic carbocycles. The van der Waals surface area contributed by atoms with Crippen LogP contribution in [0, 0.1) is 0 Å². The number of Topliss-reactive ketones (excluding diaryl/α,β-unsaturated/α-hetero) is 1. The summed E-state index contributed by atoms with van der Waals surface area (Å²) < 4.78 is 0. The highest BCUT2D eigenvalue weighted by molar-refractivity contribution is 6.00. The molecule has 0 fully saturated rings. The van der Waals surface area contributed by atoms with Crippen LogP contribution in [0.3, 0.4) is 0 Å². The van der Waals surface area contributed by atoms with Crippen molar-refractivity contribution in [3.05, 3.63) is 34.9 Å². The monoisotopic (exact) mass is 261 g/mol. The molecule has 0 aliphatic heterocycles. The minimum Gasteiger partial charge on any atom is -0.481 e. The minimum absolute atomic E-state index is 0.00217. The van der Waals surface area contributed by atoms with E-state index in [1.54, 1.807) is 7.05 Å². The van der Waals surface area contributed by atoms with Crippen LogP contribution >= 0.6 is 0 Å². The van der Waals surface area contributed by atoms with Gasteiger partial charge in [0, 0.05) is 12.0 Å². The summed E-state index contributed by atoms with van der Waals surface area (Å²) in [6.07, 6.45) is 3.61. The van der Waals surface area contributed by atoms with E-state index in [0.717, 1.165) is 19.3 Å². The molecular weight excluding hydrogens is 242 g/mol. The summed E-state index contributed by atoms with van der Waals surface area (Å²) in [7, 11) is 1.69. The number of aryl methyl sites for hydroxylation is 2. The van der Waals surface area contributed by atoms with E-state index in [0.29, 0.717) is 12.0 Å². The average molecular weight is 261 g/mol.